The molecule has 0 aliphatic rings. The Morgan fingerprint density at radius 3 is 2.86 bits per heavy atom. The van der Waals surface area contributed by atoms with Gasteiger partial charge in [0.15, 0.2) is 0 Å². The number of ether oxygens (including phenoxy) is 1. The normalized spacial score (nSPS) is 10.8. The van der Waals surface area contributed by atoms with Crippen LogP contribution in [0.2, 0.25) is 0 Å². The molecule has 112 valence electrons. The quantitative estimate of drug-likeness (QED) is 0.810. The van der Waals surface area contributed by atoms with Gasteiger partial charge in [-0.3, -0.25) is 9.97 Å². The number of rotatable bonds is 8. The summed E-state index contributed by atoms with van der Waals surface area (Å²) < 4.78 is 5.86. The van der Waals surface area contributed by atoms with Crippen LogP contribution in [0.1, 0.15) is 25.1 Å². The second-order valence-electron chi connectivity index (χ2n) is 5.43. The maximum atomic E-state index is 5.86. The molecule has 2 aromatic rings. The number of pyridine rings is 2. The number of nitrogens with one attached hydrogen (secondary N) is 1. The van der Waals surface area contributed by atoms with Gasteiger partial charge in [-0.2, -0.15) is 0 Å². The van der Waals surface area contributed by atoms with Crippen molar-refractivity contribution in [3.8, 4) is 5.75 Å². The molecule has 0 unspecified atom stereocenters. The molecule has 0 bridgehead atoms. The highest BCUT2D eigenvalue weighted by Gasteiger charge is 2.04. The average Bonchev–Trinajstić information content (AvgIpc) is 2.49. The fourth-order valence-electron chi connectivity index (χ4n) is 1.99. The van der Waals surface area contributed by atoms with Crippen LogP contribution < -0.4 is 10.1 Å². The van der Waals surface area contributed by atoms with E-state index in [0.717, 1.165) is 36.5 Å². The van der Waals surface area contributed by atoms with E-state index in [1.807, 2.05) is 24.3 Å². The molecule has 0 aliphatic carbocycles. The van der Waals surface area contributed by atoms with E-state index in [-0.39, 0.29) is 0 Å². The Kier molecular flexibility index (Phi) is 6.16. The topological polar surface area (TPSA) is 47.0 Å². The summed E-state index contributed by atoms with van der Waals surface area (Å²) in [5.41, 5.74) is 2.19. The van der Waals surface area contributed by atoms with Gasteiger partial charge in [0.2, 0.25) is 0 Å². The van der Waals surface area contributed by atoms with Crippen molar-refractivity contribution in [1.29, 1.82) is 0 Å². The van der Waals surface area contributed by atoms with Gasteiger partial charge in [-0.1, -0.05) is 19.9 Å². The molecule has 4 nitrogen and oxygen atoms in total. The minimum Gasteiger partial charge on any atom is -0.491 e. The summed E-state index contributed by atoms with van der Waals surface area (Å²) in [6.45, 7) is 6.81. The first-order chi connectivity index (χ1) is 10.3. The standard InChI is InChI=1S/C17H23N3O/c1-14(2)11-19-12-15-6-9-18-13-17(15)21-10-7-16-5-3-4-8-20-16/h3-6,8-9,13-14,19H,7,10-12H2,1-2H3. The van der Waals surface area contributed by atoms with Crippen molar-refractivity contribution in [2.24, 2.45) is 5.92 Å². The summed E-state index contributed by atoms with van der Waals surface area (Å²) >= 11 is 0. The Morgan fingerprint density at radius 1 is 1.19 bits per heavy atom. The molecule has 0 aromatic carbocycles. The first-order valence-electron chi connectivity index (χ1n) is 7.42. The Hall–Kier alpha value is -1.94. The summed E-state index contributed by atoms with van der Waals surface area (Å²) in [6, 6.07) is 7.93. The van der Waals surface area contributed by atoms with Gasteiger partial charge in [0, 0.05) is 36.6 Å². The summed E-state index contributed by atoms with van der Waals surface area (Å²) in [6.07, 6.45) is 6.19. The third kappa shape index (κ3) is 5.52. The molecule has 0 amide bonds. The van der Waals surface area contributed by atoms with Crippen LogP contribution in [0.15, 0.2) is 42.9 Å². The second-order valence-corrected chi connectivity index (χ2v) is 5.43. The van der Waals surface area contributed by atoms with Gasteiger partial charge in [-0.05, 0) is 30.7 Å². The largest absolute Gasteiger partial charge is 0.491 e. The molecule has 0 spiro atoms. The van der Waals surface area contributed by atoms with E-state index < -0.39 is 0 Å². The van der Waals surface area contributed by atoms with Gasteiger partial charge in [-0.25, -0.2) is 0 Å². The van der Waals surface area contributed by atoms with Crippen molar-refractivity contribution >= 4 is 0 Å². The maximum absolute atomic E-state index is 5.86. The lowest BCUT2D eigenvalue weighted by molar-refractivity contribution is 0.314. The van der Waals surface area contributed by atoms with E-state index in [1.54, 1.807) is 18.6 Å². The van der Waals surface area contributed by atoms with Crippen molar-refractivity contribution in [2.45, 2.75) is 26.8 Å². The smallest absolute Gasteiger partial charge is 0.142 e. The monoisotopic (exact) mass is 285 g/mol. The van der Waals surface area contributed by atoms with E-state index in [1.165, 1.54) is 0 Å². The van der Waals surface area contributed by atoms with Crippen LogP contribution in [0.25, 0.3) is 0 Å². The highest BCUT2D eigenvalue weighted by molar-refractivity contribution is 5.29. The zero-order chi connectivity index (χ0) is 14.9. The predicted octanol–water partition coefficient (Wildman–Crippen LogP) is 2.84. The Labute approximate surface area is 126 Å². The van der Waals surface area contributed by atoms with Crippen molar-refractivity contribution in [3.05, 3.63) is 54.1 Å². The second kappa shape index (κ2) is 8.37. The first-order valence-corrected chi connectivity index (χ1v) is 7.42. The molecular weight excluding hydrogens is 262 g/mol. The van der Waals surface area contributed by atoms with Crippen molar-refractivity contribution in [3.63, 3.8) is 0 Å². The van der Waals surface area contributed by atoms with Crippen LogP contribution in [0.4, 0.5) is 0 Å². The molecule has 0 saturated heterocycles. The molecule has 0 radical (unpaired) electrons. The first kappa shape index (κ1) is 15.4. The third-order valence-electron chi connectivity index (χ3n) is 3.08. The van der Waals surface area contributed by atoms with Gasteiger partial charge in [0.25, 0.3) is 0 Å². The molecule has 1 N–H and O–H groups in total. The summed E-state index contributed by atoms with van der Waals surface area (Å²) in [7, 11) is 0. The molecule has 2 aromatic heterocycles. The molecule has 4 heteroatoms. The third-order valence-corrected chi connectivity index (χ3v) is 3.08. The van der Waals surface area contributed by atoms with Crippen LogP contribution in [0.5, 0.6) is 5.75 Å². The van der Waals surface area contributed by atoms with E-state index in [4.69, 9.17) is 4.74 Å². The summed E-state index contributed by atoms with van der Waals surface area (Å²) in [4.78, 5) is 8.44. The van der Waals surface area contributed by atoms with Gasteiger partial charge in [0.1, 0.15) is 5.75 Å². The van der Waals surface area contributed by atoms with Gasteiger partial charge >= 0.3 is 0 Å². The Bertz CT molecular complexity index is 529. The molecule has 21 heavy (non-hydrogen) atoms. The lowest BCUT2D eigenvalue weighted by Gasteiger charge is -2.12. The van der Waals surface area contributed by atoms with Crippen LogP contribution in [-0.2, 0) is 13.0 Å². The maximum Gasteiger partial charge on any atom is 0.142 e. The highest BCUT2D eigenvalue weighted by atomic mass is 16.5. The average molecular weight is 285 g/mol. The van der Waals surface area contributed by atoms with Crippen molar-refractivity contribution in [1.82, 2.24) is 15.3 Å². The number of nitrogens with zero attached hydrogens (tertiary/aromatic N) is 2. The zero-order valence-corrected chi connectivity index (χ0v) is 12.7. The molecule has 0 atom stereocenters. The minimum absolute atomic E-state index is 0.611. The molecule has 2 rings (SSSR count). The van der Waals surface area contributed by atoms with E-state index in [0.29, 0.717) is 12.5 Å². The molecular formula is C17H23N3O. The lowest BCUT2D eigenvalue weighted by atomic mass is 10.2. The van der Waals surface area contributed by atoms with E-state index >= 15 is 0 Å². The Balaban J connectivity index is 1.84. The number of hydrogen-bond acceptors (Lipinski definition) is 4. The van der Waals surface area contributed by atoms with Crippen LogP contribution >= 0.6 is 0 Å². The van der Waals surface area contributed by atoms with Crippen LogP contribution in [0, 0.1) is 5.92 Å². The van der Waals surface area contributed by atoms with Crippen LogP contribution in [0.3, 0.4) is 0 Å². The summed E-state index contributed by atoms with van der Waals surface area (Å²) in [5.74, 6) is 1.49. The molecule has 0 fully saturated rings. The highest BCUT2D eigenvalue weighted by Crippen LogP contribution is 2.16. The molecule has 0 aliphatic heterocycles. The molecule has 2 heterocycles. The predicted molar refractivity (Wildman–Crippen MR) is 84.2 cm³/mol. The SMILES string of the molecule is CC(C)CNCc1ccncc1OCCc1ccccn1. The fourth-order valence-corrected chi connectivity index (χ4v) is 1.99. The van der Waals surface area contributed by atoms with Gasteiger partial charge in [0.05, 0.1) is 12.8 Å². The lowest BCUT2D eigenvalue weighted by Crippen LogP contribution is -2.19. The Morgan fingerprint density at radius 2 is 2.10 bits per heavy atom. The summed E-state index contributed by atoms with van der Waals surface area (Å²) in [5, 5.41) is 3.43. The fraction of sp³-hybridized carbons (Fsp3) is 0.412. The van der Waals surface area contributed by atoms with E-state index in [9.17, 15) is 0 Å². The minimum atomic E-state index is 0.611. The van der Waals surface area contributed by atoms with Gasteiger partial charge < -0.3 is 10.1 Å². The zero-order valence-electron chi connectivity index (χ0n) is 12.7. The van der Waals surface area contributed by atoms with E-state index in [2.05, 4.69) is 29.1 Å². The van der Waals surface area contributed by atoms with Crippen molar-refractivity contribution in [2.75, 3.05) is 13.2 Å². The van der Waals surface area contributed by atoms with Gasteiger partial charge in [-0.15, -0.1) is 0 Å². The number of aromatic nitrogens is 2. The van der Waals surface area contributed by atoms with Crippen LogP contribution in [-0.4, -0.2) is 23.1 Å². The molecule has 0 saturated carbocycles. The number of hydrogen-bond donors (Lipinski definition) is 1. The van der Waals surface area contributed by atoms with Crippen molar-refractivity contribution < 1.29 is 4.74 Å².